The Morgan fingerprint density at radius 1 is 1.75 bits per heavy atom. The van der Waals surface area contributed by atoms with E-state index < -0.39 is 0 Å². The molecule has 0 fully saturated rings. The molecule has 1 unspecified atom stereocenters. The first kappa shape index (κ1) is 12.2. The van der Waals surface area contributed by atoms with E-state index in [0.717, 1.165) is 0 Å². The molecule has 0 aromatic carbocycles. The van der Waals surface area contributed by atoms with Gasteiger partial charge in [0, 0.05) is 13.0 Å². The number of nitrogens with one attached hydrogen (secondary N) is 2. The zero-order valence-corrected chi connectivity index (χ0v) is 9.06. The van der Waals surface area contributed by atoms with E-state index in [9.17, 15) is 4.79 Å². The maximum atomic E-state index is 11.4. The maximum Gasteiger partial charge on any atom is 0.237 e. The molecule has 0 saturated carbocycles. The van der Waals surface area contributed by atoms with Gasteiger partial charge in [0.1, 0.15) is 0 Å². The van der Waals surface area contributed by atoms with E-state index in [0.29, 0.717) is 18.9 Å². The van der Waals surface area contributed by atoms with Gasteiger partial charge in [-0.15, -0.1) is 6.42 Å². The fourth-order valence-electron chi connectivity index (χ4n) is 1.09. The van der Waals surface area contributed by atoms with Gasteiger partial charge in [-0.3, -0.25) is 4.79 Å². The van der Waals surface area contributed by atoms with Crippen molar-refractivity contribution in [1.29, 1.82) is 0 Å². The second-order valence-corrected chi connectivity index (χ2v) is 3.18. The molecule has 0 aliphatic rings. The highest BCUT2D eigenvalue weighted by atomic mass is 16.5. The number of hydrogen-bond acceptors (Lipinski definition) is 5. The average Bonchev–Trinajstić information content (AvgIpc) is 2.78. The van der Waals surface area contributed by atoms with E-state index in [-0.39, 0.29) is 18.5 Å². The quantitative estimate of drug-likeness (QED) is 0.625. The second-order valence-electron chi connectivity index (χ2n) is 3.18. The summed E-state index contributed by atoms with van der Waals surface area (Å²) in [6.45, 7) is 2.60. The highest BCUT2D eigenvalue weighted by molar-refractivity contribution is 5.81. The van der Waals surface area contributed by atoms with Crippen molar-refractivity contribution < 1.29 is 9.32 Å². The molecule has 0 spiro atoms. The molecule has 2 N–H and O–H groups in total. The average molecular weight is 222 g/mol. The Morgan fingerprint density at radius 2 is 2.56 bits per heavy atom. The summed E-state index contributed by atoms with van der Waals surface area (Å²) >= 11 is 0. The monoisotopic (exact) mass is 222 g/mol. The number of amides is 1. The molecule has 1 aromatic rings. The van der Waals surface area contributed by atoms with Crippen molar-refractivity contribution in [2.24, 2.45) is 0 Å². The third-order valence-electron chi connectivity index (χ3n) is 1.95. The van der Waals surface area contributed by atoms with Crippen LogP contribution in [0.3, 0.4) is 0 Å². The van der Waals surface area contributed by atoms with Gasteiger partial charge in [-0.1, -0.05) is 11.1 Å². The predicted octanol–water partition coefficient (Wildman–Crippen LogP) is -0.660. The Bertz CT molecular complexity index is 355. The van der Waals surface area contributed by atoms with Crippen LogP contribution in [0, 0.1) is 12.3 Å². The number of carbonyl (C=O) groups excluding carboxylic acids is 1. The number of nitrogens with zero attached hydrogens (tertiary/aromatic N) is 2. The summed E-state index contributed by atoms with van der Waals surface area (Å²) in [5.74, 6) is 2.76. The Labute approximate surface area is 93.8 Å². The van der Waals surface area contributed by atoms with E-state index in [4.69, 9.17) is 10.9 Å². The summed E-state index contributed by atoms with van der Waals surface area (Å²) in [6.07, 6.45) is 6.96. The lowest BCUT2D eigenvalue weighted by Crippen LogP contribution is -2.42. The van der Waals surface area contributed by atoms with Crippen LogP contribution in [-0.2, 0) is 11.2 Å². The molecular weight excluding hydrogens is 208 g/mol. The fraction of sp³-hybridized carbons (Fsp3) is 0.500. The molecule has 6 nitrogen and oxygen atoms in total. The lowest BCUT2D eigenvalue weighted by molar-refractivity contribution is -0.122. The van der Waals surface area contributed by atoms with Gasteiger partial charge in [0.2, 0.25) is 11.8 Å². The molecule has 6 heteroatoms. The molecular formula is C10H14N4O2. The first-order valence-electron chi connectivity index (χ1n) is 4.94. The summed E-state index contributed by atoms with van der Waals surface area (Å²) in [4.78, 5) is 15.2. The first-order valence-corrected chi connectivity index (χ1v) is 4.94. The van der Waals surface area contributed by atoms with Gasteiger partial charge in [-0.05, 0) is 6.92 Å². The van der Waals surface area contributed by atoms with Crippen LogP contribution >= 0.6 is 0 Å². The molecule has 1 atom stereocenters. The van der Waals surface area contributed by atoms with Gasteiger partial charge in [0.25, 0.3) is 0 Å². The second kappa shape index (κ2) is 6.58. The highest BCUT2D eigenvalue weighted by Gasteiger charge is 2.10. The Hall–Kier alpha value is -1.87. The largest absolute Gasteiger partial charge is 0.344 e. The standard InChI is InChI=1S/C10H14N4O2/c1-3-5-12-10(15)8(2)11-6-4-9-13-7-14-16-9/h1,7-8,11H,4-6H2,2H3,(H,12,15). The van der Waals surface area contributed by atoms with E-state index in [1.54, 1.807) is 6.92 Å². The molecule has 1 heterocycles. The van der Waals surface area contributed by atoms with Crippen LogP contribution in [0.4, 0.5) is 0 Å². The van der Waals surface area contributed by atoms with Crippen LogP contribution < -0.4 is 10.6 Å². The van der Waals surface area contributed by atoms with E-state index in [2.05, 4.69) is 26.7 Å². The number of carbonyl (C=O) groups is 1. The minimum absolute atomic E-state index is 0.122. The number of rotatable bonds is 6. The molecule has 1 aromatic heterocycles. The summed E-state index contributed by atoms with van der Waals surface area (Å²) in [7, 11) is 0. The Morgan fingerprint density at radius 3 is 3.19 bits per heavy atom. The van der Waals surface area contributed by atoms with E-state index in [1.165, 1.54) is 6.33 Å². The van der Waals surface area contributed by atoms with Crippen molar-refractivity contribution in [3.8, 4) is 12.3 Å². The van der Waals surface area contributed by atoms with Crippen molar-refractivity contribution in [3.05, 3.63) is 12.2 Å². The van der Waals surface area contributed by atoms with Crippen molar-refractivity contribution >= 4 is 5.91 Å². The lowest BCUT2D eigenvalue weighted by Gasteiger charge is -2.11. The third kappa shape index (κ3) is 4.11. The van der Waals surface area contributed by atoms with Crippen LogP contribution in [0.25, 0.3) is 0 Å². The smallest absolute Gasteiger partial charge is 0.237 e. The Balaban J connectivity index is 2.17. The normalized spacial score (nSPS) is 11.8. The van der Waals surface area contributed by atoms with E-state index in [1.807, 2.05) is 0 Å². The van der Waals surface area contributed by atoms with Crippen molar-refractivity contribution in [1.82, 2.24) is 20.8 Å². The highest BCUT2D eigenvalue weighted by Crippen LogP contribution is 1.91. The minimum Gasteiger partial charge on any atom is -0.344 e. The molecule has 1 amide bonds. The van der Waals surface area contributed by atoms with Crippen LogP contribution in [0.15, 0.2) is 10.9 Å². The zero-order valence-electron chi connectivity index (χ0n) is 9.06. The summed E-state index contributed by atoms with van der Waals surface area (Å²) < 4.78 is 4.81. The van der Waals surface area contributed by atoms with Crippen molar-refractivity contribution in [2.75, 3.05) is 13.1 Å². The van der Waals surface area contributed by atoms with Crippen LogP contribution in [0.1, 0.15) is 12.8 Å². The lowest BCUT2D eigenvalue weighted by atomic mass is 10.3. The molecule has 86 valence electrons. The third-order valence-corrected chi connectivity index (χ3v) is 1.95. The summed E-state index contributed by atoms with van der Waals surface area (Å²) in [5, 5.41) is 9.09. The maximum absolute atomic E-state index is 11.4. The van der Waals surface area contributed by atoms with Gasteiger partial charge < -0.3 is 15.2 Å². The van der Waals surface area contributed by atoms with Crippen molar-refractivity contribution in [3.63, 3.8) is 0 Å². The van der Waals surface area contributed by atoms with Crippen molar-refractivity contribution in [2.45, 2.75) is 19.4 Å². The van der Waals surface area contributed by atoms with Gasteiger partial charge in [0.15, 0.2) is 6.33 Å². The molecule has 16 heavy (non-hydrogen) atoms. The number of terminal acetylenes is 1. The van der Waals surface area contributed by atoms with E-state index >= 15 is 0 Å². The first-order chi connectivity index (χ1) is 7.74. The molecule has 0 aliphatic carbocycles. The SMILES string of the molecule is C#CCNC(=O)C(C)NCCc1ncno1. The topological polar surface area (TPSA) is 80.0 Å². The minimum atomic E-state index is -0.295. The van der Waals surface area contributed by atoms with Crippen LogP contribution in [0.2, 0.25) is 0 Å². The fourth-order valence-corrected chi connectivity index (χ4v) is 1.09. The molecule has 0 aliphatic heterocycles. The van der Waals surface area contributed by atoms with Gasteiger partial charge in [-0.2, -0.15) is 4.98 Å². The summed E-state index contributed by atoms with van der Waals surface area (Å²) in [6, 6.07) is -0.295. The molecule has 1 rings (SSSR count). The van der Waals surface area contributed by atoms with Gasteiger partial charge in [-0.25, -0.2) is 0 Å². The molecule has 0 radical (unpaired) electrons. The summed E-state index contributed by atoms with van der Waals surface area (Å²) in [5.41, 5.74) is 0. The van der Waals surface area contributed by atoms with Gasteiger partial charge >= 0.3 is 0 Å². The predicted molar refractivity (Wildman–Crippen MR) is 57.3 cm³/mol. The molecule has 0 saturated heterocycles. The number of aromatic nitrogens is 2. The van der Waals surface area contributed by atoms with Gasteiger partial charge in [0.05, 0.1) is 12.6 Å². The zero-order chi connectivity index (χ0) is 11.8. The molecule has 0 bridgehead atoms. The van der Waals surface area contributed by atoms with Crippen LogP contribution in [0.5, 0.6) is 0 Å². The van der Waals surface area contributed by atoms with Crippen LogP contribution in [-0.4, -0.2) is 35.2 Å². The Kier molecular flexibility index (Phi) is 5.02. The number of hydrogen-bond donors (Lipinski definition) is 2.